The number of nitrogens with one attached hydrogen (secondary N) is 1. The van der Waals surface area contributed by atoms with E-state index in [1.54, 1.807) is 13.8 Å². The lowest BCUT2D eigenvalue weighted by Crippen LogP contribution is -2.32. The second-order valence-electron chi connectivity index (χ2n) is 7.34. The Kier molecular flexibility index (Phi) is 7.67. The number of aliphatic hydroxyl groups is 2. The Bertz CT molecular complexity index is 1280. The SMILES string of the molecule is CCn1c(CO)nn(-c2nc(O[C@@H](C)C(F)(F)F)c(C(O)Nc3cc(Cl)cnc3C)cc2F)c1=O. The molecule has 3 aromatic rings. The molecular weight excluding hydrogens is 500 g/mol. The number of aliphatic hydroxyl groups excluding tert-OH is 2. The van der Waals surface area contributed by atoms with Crippen molar-refractivity contribution >= 4 is 17.3 Å². The van der Waals surface area contributed by atoms with Gasteiger partial charge in [-0.2, -0.15) is 22.8 Å². The minimum Gasteiger partial charge on any atom is -0.465 e. The molecule has 0 saturated carbocycles. The Morgan fingerprint density at radius 1 is 1.31 bits per heavy atom. The number of ether oxygens (including phenoxy) is 1. The molecule has 0 amide bonds. The van der Waals surface area contributed by atoms with Crippen LogP contribution >= 0.6 is 11.6 Å². The van der Waals surface area contributed by atoms with Gasteiger partial charge in [0.05, 0.1) is 22.0 Å². The summed E-state index contributed by atoms with van der Waals surface area (Å²) < 4.78 is 61.1. The van der Waals surface area contributed by atoms with Crippen molar-refractivity contribution in [2.45, 2.75) is 52.4 Å². The summed E-state index contributed by atoms with van der Waals surface area (Å²) in [5, 5.41) is 26.7. The van der Waals surface area contributed by atoms with E-state index >= 15 is 4.39 Å². The number of rotatable bonds is 8. The Labute approximate surface area is 200 Å². The molecule has 0 saturated heterocycles. The van der Waals surface area contributed by atoms with Gasteiger partial charge in [0.15, 0.2) is 29.8 Å². The summed E-state index contributed by atoms with van der Waals surface area (Å²) >= 11 is 5.90. The van der Waals surface area contributed by atoms with Gasteiger partial charge >= 0.3 is 11.9 Å². The molecule has 0 fully saturated rings. The van der Waals surface area contributed by atoms with E-state index in [9.17, 15) is 28.2 Å². The van der Waals surface area contributed by atoms with E-state index in [2.05, 4.69) is 20.4 Å². The highest BCUT2D eigenvalue weighted by molar-refractivity contribution is 6.30. The second-order valence-corrected chi connectivity index (χ2v) is 7.77. The number of aromatic nitrogens is 5. The first kappa shape index (κ1) is 26.4. The van der Waals surface area contributed by atoms with Crippen LogP contribution in [0.3, 0.4) is 0 Å². The molecule has 35 heavy (non-hydrogen) atoms. The number of pyridine rings is 2. The molecular formula is C20H21ClF4N6O4. The highest BCUT2D eigenvalue weighted by Gasteiger charge is 2.39. The zero-order valence-electron chi connectivity index (χ0n) is 18.6. The summed E-state index contributed by atoms with van der Waals surface area (Å²) in [4.78, 5) is 20.3. The van der Waals surface area contributed by atoms with E-state index < -0.39 is 53.9 Å². The van der Waals surface area contributed by atoms with Crippen LogP contribution in [0.4, 0.5) is 23.2 Å². The van der Waals surface area contributed by atoms with Gasteiger partial charge in [0.2, 0.25) is 5.88 Å². The molecule has 2 atom stereocenters. The number of hydrogen-bond donors (Lipinski definition) is 3. The minimum absolute atomic E-state index is 0.0819. The van der Waals surface area contributed by atoms with Crippen molar-refractivity contribution in [1.82, 2.24) is 24.3 Å². The van der Waals surface area contributed by atoms with Gasteiger partial charge < -0.3 is 20.3 Å². The predicted molar refractivity (Wildman–Crippen MR) is 116 cm³/mol. The first-order chi connectivity index (χ1) is 16.4. The zero-order valence-corrected chi connectivity index (χ0v) is 19.4. The summed E-state index contributed by atoms with van der Waals surface area (Å²) in [7, 11) is 0. The monoisotopic (exact) mass is 520 g/mol. The van der Waals surface area contributed by atoms with Crippen LogP contribution in [0.5, 0.6) is 5.88 Å². The Balaban J connectivity index is 2.13. The van der Waals surface area contributed by atoms with Crippen LogP contribution in [0, 0.1) is 12.7 Å². The second kappa shape index (κ2) is 10.2. The molecule has 0 aliphatic carbocycles. The lowest BCUT2D eigenvalue weighted by atomic mass is 10.2. The van der Waals surface area contributed by atoms with Gasteiger partial charge in [-0.15, -0.1) is 5.10 Å². The normalized spacial score (nSPS) is 13.5. The number of aryl methyl sites for hydroxylation is 1. The summed E-state index contributed by atoms with van der Waals surface area (Å²) in [6.07, 6.45) is -7.67. The molecule has 0 radical (unpaired) electrons. The maximum absolute atomic E-state index is 15.1. The van der Waals surface area contributed by atoms with E-state index in [4.69, 9.17) is 16.3 Å². The third kappa shape index (κ3) is 5.55. The van der Waals surface area contributed by atoms with Gasteiger partial charge in [0.1, 0.15) is 6.61 Å². The summed E-state index contributed by atoms with van der Waals surface area (Å²) in [5.74, 6) is -2.89. The van der Waals surface area contributed by atoms with Crippen molar-refractivity contribution in [1.29, 1.82) is 0 Å². The van der Waals surface area contributed by atoms with Crippen LogP contribution in [0.1, 0.15) is 37.2 Å². The topological polar surface area (TPSA) is 127 Å². The maximum atomic E-state index is 15.1. The van der Waals surface area contributed by atoms with Gasteiger partial charge in [0.25, 0.3) is 0 Å². The number of hydrogen-bond acceptors (Lipinski definition) is 8. The highest BCUT2D eigenvalue weighted by Crippen LogP contribution is 2.32. The van der Waals surface area contributed by atoms with Crippen LogP contribution in [-0.2, 0) is 13.2 Å². The van der Waals surface area contributed by atoms with Crippen molar-refractivity contribution in [3.63, 3.8) is 0 Å². The van der Waals surface area contributed by atoms with Crippen LogP contribution in [0.2, 0.25) is 5.02 Å². The molecule has 0 aliphatic rings. The smallest absolute Gasteiger partial charge is 0.425 e. The van der Waals surface area contributed by atoms with Gasteiger partial charge in [0, 0.05) is 12.7 Å². The minimum atomic E-state index is -4.82. The molecule has 3 heterocycles. The summed E-state index contributed by atoms with van der Waals surface area (Å²) in [6.45, 7) is 3.28. The molecule has 0 aliphatic heterocycles. The molecule has 0 spiro atoms. The molecule has 0 bridgehead atoms. The van der Waals surface area contributed by atoms with Crippen molar-refractivity contribution in [2.75, 3.05) is 5.32 Å². The predicted octanol–water partition coefficient (Wildman–Crippen LogP) is 2.87. The molecule has 3 N–H and O–H groups in total. The van der Waals surface area contributed by atoms with Crippen LogP contribution in [0.15, 0.2) is 23.1 Å². The van der Waals surface area contributed by atoms with Crippen molar-refractivity contribution in [2.24, 2.45) is 0 Å². The quantitative estimate of drug-likeness (QED) is 0.306. The lowest BCUT2D eigenvalue weighted by molar-refractivity contribution is -0.190. The van der Waals surface area contributed by atoms with Crippen molar-refractivity contribution < 1.29 is 32.5 Å². The highest BCUT2D eigenvalue weighted by atomic mass is 35.5. The van der Waals surface area contributed by atoms with Crippen LogP contribution in [-0.4, -0.2) is 46.8 Å². The molecule has 3 rings (SSSR count). The van der Waals surface area contributed by atoms with E-state index in [-0.39, 0.29) is 23.1 Å². The van der Waals surface area contributed by atoms with Gasteiger partial charge in [-0.3, -0.25) is 9.55 Å². The lowest BCUT2D eigenvalue weighted by Gasteiger charge is -2.22. The van der Waals surface area contributed by atoms with Crippen molar-refractivity contribution in [3.8, 4) is 11.7 Å². The fourth-order valence-electron chi connectivity index (χ4n) is 3.04. The van der Waals surface area contributed by atoms with Gasteiger partial charge in [-0.1, -0.05) is 11.6 Å². The first-order valence-corrected chi connectivity index (χ1v) is 10.6. The molecule has 3 aromatic heterocycles. The third-order valence-corrected chi connectivity index (χ3v) is 5.14. The number of halogens is 5. The molecule has 1 unspecified atom stereocenters. The first-order valence-electron chi connectivity index (χ1n) is 10.2. The van der Waals surface area contributed by atoms with Crippen LogP contribution < -0.4 is 15.7 Å². The molecule has 0 aromatic carbocycles. The van der Waals surface area contributed by atoms with Crippen LogP contribution in [0.25, 0.3) is 5.82 Å². The third-order valence-electron chi connectivity index (χ3n) is 4.94. The standard InChI is InChI=1S/C20H21ClF4N6O4/c1-4-30-15(8-32)29-31(19(30)34)16-13(22)6-12(18(28-16)35-10(3)20(23,24)25)17(33)27-14-5-11(21)7-26-9(14)2/h5-7,10,17,27,32-33H,4,8H2,1-3H3/t10-,17?/m0/s1. The zero-order chi connectivity index (χ0) is 26.1. The number of nitrogens with zero attached hydrogens (tertiary/aromatic N) is 5. The maximum Gasteiger partial charge on any atom is 0.425 e. The van der Waals surface area contributed by atoms with Gasteiger partial charge in [-0.25, -0.2) is 9.18 Å². The largest absolute Gasteiger partial charge is 0.465 e. The Morgan fingerprint density at radius 3 is 2.57 bits per heavy atom. The fraction of sp³-hybridized carbons (Fsp3) is 0.400. The average Bonchev–Trinajstić information content (AvgIpc) is 3.11. The summed E-state index contributed by atoms with van der Waals surface area (Å²) in [5.41, 5.74) is -0.774. The van der Waals surface area contributed by atoms with E-state index in [1.807, 2.05) is 0 Å². The molecule has 10 nitrogen and oxygen atoms in total. The Morgan fingerprint density at radius 2 is 2.00 bits per heavy atom. The summed E-state index contributed by atoms with van der Waals surface area (Å²) in [6, 6.07) is 2.07. The average molecular weight is 521 g/mol. The molecule has 190 valence electrons. The van der Waals surface area contributed by atoms with E-state index in [0.29, 0.717) is 23.4 Å². The molecule has 15 heteroatoms. The number of anilines is 1. The Hall–Kier alpha value is -3.23. The number of alkyl halides is 3. The van der Waals surface area contributed by atoms with Crippen molar-refractivity contribution in [3.05, 3.63) is 56.7 Å². The van der Waals surface area contributed by atoms with Gasteiger partial charge in [-0.05, 0) is 32.9 Å². The van der Waals surface area contributed by atoms with E-state index in [1.165, 1.54) is 12.3 Å². The van der Waals surface area contributed by atoms with E-state index in [0.717, 1.165) is 4.57 Å². The fourth-order valence-corrected chi connectivity index (χ4v) is 3.20.